The van der Waals surface area contributed by atoms with E-state index < -0.39 is 17.1 Å². The van der Waals surface area contributed by atoms with E-state index in [1.807, 2.05) is 31.2 Å². The minimum atomic E-state index is -1.04. The Hall–Kier alpha value is -2.08. The number of nitrogens with zero attached hydrogens (tertiary/aromatic N) is 1. The summed E-state index contributed by atoms with van der Waals surface area (Å²) in [5.74, 6) is -1.46. The Morgan fingerprint density at radius 2 is 1.95 bits per heavy atom. The maximum absolute atomic E-state index is 12.0. The van der Waals surface area contributed by atoms with E-state index in [2.05, 4.69) is 0 Å². The van der Waals surface area contributed by atoms with Gasteiger partial charge in [0.05, 0.1) is 11.3 Å². The van der Waals surface area contributed by atoms with Crippen molar-refractivity contribution in [1.29, 1.82) is 0 Å². The molecule has 20 heavy (non-hydrogen) atoms. The van der Waals surface area contributed by atoms with Gasteiger partial charge in [0.15, 0.2) is 0 Å². The molecular weight excluding hydrogens is 278 g/mol. The number of rotatable bonds is 4. The van der Waals surface area contributed by atoms with Crippen LogP contribution in [0.4, 0.5) is 4.79 Å². The Morgan fingerprint density at radius 3 is 2.55 bits per heavy atom. The number of carboxylic acid groups (broad SMARTS) is 1. The van der Waals surface area contributed by atoms with E-state index in [1.54, 1.807) is 6.08 Å². The van der Waals surface area contributed by atoms with Crippen LogP contribution >= 0.6 is 11.8 Å². The third-order valence-corrected chi connectivity index (χ3v) is 3.71. The molecule has 2 rings (SSSR count). The lowest BCUT2D eigenvalue weighted by atomic mass is 10.1. The fourth-order valence-electron chi connectivity index (χ4n) is 1.71. The van der Waals surface area contributed by atoms with E-state index in [1.165, 1.54) is 0 Å². The van der Waals surface area contributed by atoms with Gasteiger partial charge < -0.3 is 5.11 Å². The first-order valence-corrected chi connectivity index (χ1v) is 6.83. The Kier molecular flexibility index (Phi) is 4.24. The third kappa shape index (κ3) is 3.27. The molecule has 1 heterocycles. The zero-order chi connectivity index (χ0) is 14.7. The van der Waals surface area contributed by atoms with Gasteiger partial charge in [-0.15, -0.1) is 0 Å². The van der Waals surface area contributed by atoms with Crippen molar-refractivity contribution in [2.24, 2.45) is 0 Å². The fourth-order valence-corrected chi connectivity index (χ4v) is 2.58. The monoisotopic (exact) mass is 291 g/mol. The molecule has 1 aromatic carbocycles. The molecule has 0 aromatic heterocycles. The number of hydrogen-bond donors (Lipinski definition) is 1. The number of carboxylic acids is 1. The smallest absolute Gasteiger partial charge is 0.305 e. The molecule has 0 spiro atoms. The van der Waals surface area contributed by atoms with Crippen LogP contribution in [0.1, 0.15) is 17.5 Å². The van der Waals surface area contributed by atoms with Gasteiger partial charge in [0, 0.05) is 6.54 Å². The number of carbonyl (C=O) groups is 3. The van der Waals surface area contributed by atoms with Crippen LogP contribution in [0.25, 0.3) is 6.08 Å². The highest BCUT2D eigenvalue weighted by Crippen LogP contribution is 2.32. The van der Waals surface area contributed by atoms with E-state index in [9.17, 15) is 14.4 Å². The molecule has 0 aliphatic carbocycles. The van der Waals surface area contributed by atoms with E-state index in [4.69, 9.17) is 5.11 Å². The van der Waals surface area contributed by atoms with E-state index in [-0.39, 0.29) is 13.0 Å². The fraction of sp³-hybridized carbons (Fsp3) is 0.214. The van der Waals surface area contributed by atoms with Gasteiger partial charge in [0.1, 0.15) is 0 Å². The molecule has 5 nitrogen and oxygen atoms in total. The average Bonchev–Trinajstić information content (AvgIpc) is 2.65. The van der Waals surface area contributed by atoms with Gasteiger partial charge in [-0.05, 0) is 30.3 Å². The van der Waals surface area contributed by atoms with Crippen LogP contribution in [-0.4, -0.2) is 33.7 Å². The minimum absolute atomic E-state index is 0.0920. The molecule has 1 aromatic rings. The van der Waals surface area contributed by atoms with Crippen LogP contribution in [0, 0.1) is 6.92 Å². The maximum atomic E-state index is 12.0. The summed E-state index contributed by atoms with van der Waals surface area (Å²) in [4.78, 5) is 35.5. The molecule has 0 radical (unpaired) electrons. The van der Waals surface area contributed by atoms with Crippen LogP contribution < -0.4 is 0 Å². The number of amides is 2. The van der Waals surface area contributed by atoms with Crippen LogP contribution in [-0.2, 0) is 9.59 Å². The quantitative estimate of drug-likeness (QED) is 0.863. The predicted molar refractivity (Wildman–Crippen MR) is 76.1 cm³/mol. The molecule has 0 saturated carbocycles. The number of benzene rings is 1. The van der Waals surface area contributed by atoms with Gasteiger partial charge in [0.2, 0.25) is 0 Å². The highest BCUT2D eigenvalue weighted by atomic mass is 32.2. The first kappa shape index (κ1) is 14.3. The number of imide groups is 1. The van der Waals surface area contributed by atoms with Crippen LogP contribution in [0.5, 0.6) is 0 Å². The lowest BCUT2D eigenvalue weighted by Gasteiger charge is -2.09. The van der Waals surface area contributed by atoms with Gasteiger partial charge in [0.25, 0.3) is 11.1 Å². The predicted octanol–water partition coefficient (Wildman–Crippen LogP) is 2.51. The molecular formula is C14H13NO4S. The second-order valence-electron chi connectivity index (χ2n) is 4.39. The largest absolute Gasteiger partial charge is 0.481 e. The lowest BCUT2D eigenvalue weighted by molar-refractivity contribution is -0.137. The van der Waals surface area contributed by atoms with Gasteiger partial charge in [-0.25, -0.2) is 0 Å². The van der Waals surface area contributed by atoms with Crippen molar-refractivity contribution >= 4 is 35.0 Å². The van der Waals surface area contributed by atoms with Crippen molar-refractivity contribution in [3.63, 3.8) is 0 Å². The van der Waals surface area contributed by atoms with Crippen molar-refractivity contribution in [3.8, 4) is 0 Å². The second kappa shape index (κ2) is 5.92. The van der Waals surface area contributed by atoms with E-state index in [0.29, 0.717) is 4.91 Å². The van der Waals surface area contributed by atoms with E-state index in [0.717, 1.165) is 27.8 Å². The molecule has 0 bridgehead atoms. The molecule has 1 saturated heterocycles. The number of hydrogen-bond acceptors (Lipinski definition) is 4. The standard InChI is InChI=1S/C14H13NO4S/c1-9-2-4-10(5-3-9)8-11-13(18)15(14(19)20-11)7-6-12(16)17/h2-5,8H,6-7H2,1H3,(H,16,17). The van der Waals surface area contributed by atoms with Crippen molar-refractivity contribution < 1.29 is 19.5 Å². The van der Waals surface area contributed by atoms with Gasteiger partial charge >= 0.3 is 5.97 Å². The highest BCUT2D eigenvalue weighted by molar-refractivity contribution is 8.18. The van der Waals surface area contributed by atoms with Crippen molar-refractivity contribution in [3.05, 3.63) is 40.3 Å². The first-order chi connectivity index (χ1) is 9.47. The van der Waals surface area contributed by atoms with Gasteiger partial charge in [-0.3, -0.25) is 19.3 Å². The summed E-state index contributed by atoms with van der Waals surface area (Å²) in [5, 5.41) is 8.18. The number of thioether (sulfide) groups is 1. The van der Waals surface area contributed by atoms with Crippen LogP contribution in [0.15, 0.2) is 29.2 Å². The summed E-state index contributed by atoms with van der Waals surface area (Å²) in [7, 11) is 0. The molecule has 2 amide bonds. The van der Waals surface area contributed by atoms with Gasteiger partial charge in [-0.1, -0.05) is 29.8 Å². The minimum Gasteiger partial charge on any atom is -0.481 e. The molecule has 1 fully saturated rings. The summed E-state index contributed by atoms with van der Waals surface area (Å²) in [5.41, 5.74) is 1.94. The van der Waals surface area contributed by atoms with Gasteiger partial charge in [-0.2, -0.15) is 0 Å². The van der Waals surface area contributed by atoms with Crippen molar-refractivity contribution in [2.75, 3.05) is 6.54 Å². The molecule has 1 aliphatic rings. The maximum Gasteiger partial charge on any atom is 0.305 e. The van der Waals surface area contributed by atoms with E-state index >= 15 is 0 Å². The number of aryl methyl sites for hydroxylation is 1. The topological polar surface area (TPSA) is 74.7 Å². The second-order valence-corrected chi connectivity index (χ2v) is 5.38. The summed E-state index contributed by atoms with van der Waals surface area (Å²) in [6.07, 6.45) is 1.40. The highest BCUT2D eigenvalue weighted by Gasteiger charge is 2.34. The van der Waals surface area contributed by atoms with Crippen LogP contribution in [0.2, 0.25) is 0 Å². The zero-order valence-electron chi connectivity index (χ0n) is 10.8. The van der Waals surface area contributed by atoms with Crippen molar-refractivity contribution in [1.82, 2.24) is 4.90 Å². The molecule has 0 atom stereocenters. The number of aliphatic carboxylic acids is 1. The Bertz CT molecular complexity index is 592. The Balaban J connectivity index is 2.14. The molecule has 1 aliphatic heterocycles. The zero-order valence-corrected chi connectivity index (χ0v) is 11.6. The molecule has 104 valence electrons. The summed E-state index contributed by atoms with van der Waals surface area (Å²) in [6, 6.07) is 7.56. The lowest BCUT2D eigenvalue weighted by Crippen LogP contribution is -2.30. The summed E-state index contributed by atoms with van der Waals surface area (Å²) in [6.45, 7) is 1.87. The average molecular weight is 291 g/mol. The Morgan fingerprint density at radius 1 is 1.30 bits per heavy atom. The normalized spacial score (nSPS) is 17.1. The first-order valence-electron chi connectivity index (χ1n) is 6.01. The summed E-state index contributed by atoms with van der Waals surface area (Å²) < 4.78 is 0. The van der Waals surface area contributed by atoms with Crippen molar-refractivity contribution in [2.45, 2.75) is 13.3 Å². The SMILES string of the molecule is Cc1ccc(C=C2SC(=O)N(CCC(=O)O)C2=O)cc1. The molecule has 6 heteroatoms. The Labute approximate surface area is 120 Å². The third-order valence-electron chi connectivity index (χ3n) is 2.80. The van der Waals surface area contributed by atoms with Crippen LogP contribution in [0.3, 0.4) is 0 Å². The molecule has 1 N–H and O–H groups in total. The molecule has 0 unspecified atom stereocenters. The summed E-state index contributed by atoms with van der Waals surface area (Å²) >= 11 is 0.838. The number of carbonyl (C=O) groups excluding carboxylic acids is 2.